The molecule has 194 valence electrons. The fourth-order valence-electron chi connectivity index (χ4n) is 3.34. The summed E-state index contributed by atoms with van der Waals surface area (Å²) >= 11 is 0. The minimum absolute atomic E-state index is 0.0343. The third-order valence-electron chi connectivity index (χ3n) is 5.14. The summed E-state index contributed by atoms with van der Waals surface area (Å²) < 4.78 is 24.4. The Hall–Kier alpha value is -4.17. The highest BCUT2D eigenvalue weighted by Crippen LogP contribution is 2.17. The first-order chi connectivity index (χ1) is 17.8. The number of aliphatic hydroxyl groups excluding tert-OH is 1. The normalized spacial score (nSPS) is 11.2. The lowest BCUT2D eigenvalue weighted by Gasteiger charge is -2.12. The first-order valence-corrected chi connectivity index (χ1v) is 12.0. The molecule has 3 rings (SSSR count). The van der Waals surface area contributed by atoms with Crippen LogP contribution in [0.5, 0.6) is 11.5 Å². The second-order valence-corrected chi connectivity index (χ2v) is 8.48. The topological polar surface area (TPSA) is 96.9 Å². The molecule has 0 spiro atoms. The Balaban J connectivity index is 1.64. The number of hydrogen-bond donors (Lipinski definition) is 3. The molecular weight excluding hydrogens is 475 g/mol. The second-order valence-electron chi connectivity index (χ2n) is 8.48. The molecule has 7 nitrogen and oxygen atoms in total. The van der Waals surface area contributed by atoms with Crippen LogP contribution in [0.15, 0.2) is 78.5 Å². The molecule has 2 amide bonds. The summed E-state index contributed by atoms with van der Waals surface area (Å²) in [5.74, 6) is 0.00602. The zero-order valence-electron chi connectivity index (χ0n) is 20.9. The van der Waals surface area contributed by atoms with Crippen LogP contribution < -0.4 is 20.1 Å². The average molecular weight is 507 g/mol. The highest BCUT2D eigenvalue weighted by Gasteiger charge is 2.15. The Morgan fingerprint density at radius 3 is 2.22 bits per heavy atom. The molecule has 3 N–H and O–H groups in total. The number of rotatable bonds is 12. The molecule has 0 saturated carbocycles. The van der Waals surface area contributed by atoms with E-state index in [2.05, 4.69) is 10.6 Å². The Morgan fingerprint density at radius 2 is 1.59 bits per heavy atom. The van der Waals surface area contributed by atoms with E-state index in [0.29, 0.717) is 35.7 Å². The maximum atomic E-state index is 13.0. The lowest BCUT2D eigenvalue weighted by molar-refractivity contribution is -0.117. The smallest absolute Gasteiger partial charge is 0.267 e. The molecule has 0 fully saturated rings. The number of nitrogens with one attached hydrogen (secondary N) is 2. The van der Waals surface area contributed by atoms with Crippen LogP contribution in [0, 0.1) is 5.82 Å². The Kier molecular flexibility index (Phi) is 10.2. The van der Waals surface area contributed by atoms with Crippen molar-refractivity contribution in [1.29, 1.82) is 0 Å². The van der Waals surface area contributed by atoms with Crippen LogP contribution in [0.4, 0.5) is 4.39 Å². The standard InChI is InChI=1S/C29H31FN2O5/c1-20(2)37-26-11-5-22(6-12-26)19-27(29(35)31-16-17-33)32-28(34)23-7-13-25(14-8-23)36-18-15-21-3-9-24(30)10-4-21/h3-14,19-20,33H,15-18H2,1-2H3,(H,31,35)(H,32,34)/b27-19-. The number of halogens is 1. The van der Waals surface area contributed by atoms with Gasteiger partial charge in [0, 0.05) is 18.5 Å². The molecule has 0 bridgehead atoms. The molecule has 0 aliphatic heterocycles. The summed E-state index contributed by atoms with van der Waals surface area (Å²) in [6.07, 6.45) is 2.20. The van der Waals surface area contributed by atoms with Gasteiger partial charge in [-0.3, -0.25) is 9.59 Å². The van der Waals surface area contributed by atoms with Crippen molar-refractivity contribution in [2.45, 2.75) is 26.4 Å². The van der Waals surface area contributed by atoms with Gasteiger partial charge < -0.3 is 25.2 Å². The van der Waals surface area contributed by atoms with Crippen molar-refractivity contribution in [3.63, 3.8) is 0 Å². The first kappa shape index (κ1) is 27.4. The molecule has 3 aromatic carbocycles. The van der Waals surface area contributed by atoms with Crippen molar-refractivity contribution < 1.29 is 28.6 Å². The van der Waals surface area contributed by atoms with Gasteiger partial charge in [0.1, 0.15) is 23.0 Å². The van der Waals surface area contributed by atoms with Crippen molar-refractivity contribution in [3.05, 3.63) is 101 Å². The Labute approximate surface area is 215 Å². The molecule has 0 aliphatic carbocycles. The van der Waals surface area contributed by atoms with Crippen molar-refractivity contribution in [1.82, 2.24) is 10.6 Å². The van der Waals surface area contributed by atoms with E-state index in [1.165, 1.54) is 12.1 Å². The van der Waals surface area contributed by atoms with Crippen molar-refractivity contribution >= 4 is 17.9 Å². The third kappa shape index (κ3) is 9.09. The van der Waals surface area contributed by atoms with Gasteiger partial charge in [-0.2, -0.15) is 0 Å². The summed E-state index contributed by atoms with van der Waals surface area (Å²) in [4.78, 5) is 25.5. The van der Waals surface area contributed by atoms with E-state index in [1.54, 1.807) is 66.7 Å². The van der Waals surface area contributed by atoms with E-state index >= 15 is 0 Å². The van der Waals surface area contributed by atoms with E-state index in [0.717, 1.165) is 5.56 Å². The number of hydrogen-bond acceptors (Lipinski definition) is 5. The van der Waals surface area contributed by atoms with Gasteiger partial charge in [0.15, 0.2) is 0 Å². The summed E-state index contributed by atoms with van der Waals surface area (Å²) in [6, 6.07) is 19.9. The van der Waals surface area contributed by atoms with Crippen LogP contribution in [0.1, 0.15) is 35.3 Å². The molecule has 8 heteroatoms. The molecule has 0 aromatic heterocycles. The van der Waals surface area contributed by atoms with Crippen LogP contribution in [0.25, 0.3) is 6.08 Å². The van der Waals surface area contributed by atoms with E-state index in [9.17, 15) is 14.0 Å². The van der Waals surface area contributed by atoms with Crippen LogP contribution in [0.3, 0.4) is 0 Å². The van der Waals surface area contributed by atoms with Gasteiger partial charge in [0.2, 0.25) is 0 Å². The molecule has 0 atom stereocenters. The molecule has 37 heavy (non-hydrogen) atoms. The van der Waals surface area contributed by atoms with E-state index in [-0.39, 0.29) is 30.8 Å². The van der Waals surface area contributed by atoms with Gasteiger partial charge in [-0.1, -0.05) is 24.3 Å². The first-order valence-electron chi connectivity index (χ1n) is 12.0. The number of carbonyl (C=O) groups is 2. The highest BCUT2D eigenvalue weighted by atomic mass is 19.1. The van der Waals surface area contributed by atoms with Gasteiger partial charge >= 0.3 is 0 Å². The van der Waals surface area contributed by atoms with Crippen LogP contribution >= 0.6 is 0 Å². The molecule has 0 aliphatic rings. The molecule has 0 radical (unpaired) electrons. The van der Waals surface area contributed by atoms with Gasteiger partial charge in [-0.25, -0.2) is 4.39 Å². The zero-order valence-corrected chi connectivity index (χ0v) is 20.9. The number of aliphatic hydroxyl groups is 1. The number of ether oxygens (including phenoxy) is 2. The van der Waals surface area contributed by atoms with Crippen LogP contribution in [-0.2, 0) is 11.2 Å². The minimum atomic E-state index is -0.523. The lowest BCUT2D eigenvalue weighted by Crippen LogP contribution is -2.36. The van der Waals surface area contributed by atoms with Gasteiger partial charge in [0.25, 0.3) is 11.8 Å². The van der Waals surface area contributed by atoms with Gasteiger partial charge in [-0.15, -0.1) is 0 Å². The van der Waals surface area contributed by atoms with Crippen LogP contribution in [0.2, 0.25) is 0 Å². The lowest BCUT2D eigenvalue weighted by atomic mass is 10.1. The predicted molar refractivity (Wildman–Crippen MR) is 140 cm³/mol. The summed E-state index contributed by atoms with van der Waals surface area (Å²) in [6.45, 7) is 4.09. The molecule has 3 aromatic rings. The monoisotopic (exact) mass is 506 g/mol. The largest absolute Gasteiger partial charge is 0.493 e. The number of benzene rings is 3. The predicted octanol–water partition coefficient (Wildman–Crippen LogP) is 4.11. The Morgan fingerprint density at radius 1 is 0.946 bits per heavy atom. The summed E-state index contributed by atoms with van der Waals surface area (Å²) in [7, 11) is 0. The average Bonchev–Trinajstić information content (AvgIpc) is 2.89. The van der Waals surface area contributed by atoms with E-state index in [1.807, 2.05) is 13.8 Å². The SMILES string of the molecule is CC(C)Oc1ccc(/C=C(\NC(=O)c2ccc(OCCc3ccc(F)cc3)cc2)C(=O)NCCO)cc1. The summed E-state index contributed by atoms with van der Waals surface area (Å²) in [5, 5.41) is 14.3. The summed E-state index contributed by atoms with van der Waals surface area (Å²) in [5.41, 5.74) is 2.02. The van der Waals surface area contributed by atoms with Crippen molar-refractivity contribution in [2.75, 3.05) is 19.8 Å². The van der Waals surface area contributed by atoms with Crippen molar-refractivity contribution in [2.24, 2.45) is 0 Å². The number of amides is 2. The fraction of sp³-hybridized carbons (Fsp3) is 0.241. The van der Waals surface area contributed by atoms with Gasteiger partial charge in [-0.05, 0) is 79.6 Å². The van der Waals surface area contributed by atoms with Crippen molar-refractivity contribution in [3.8, 4) is 11.5 Å². The maximum Gasteiger partial charge on any atom is 0.267 e. The van der Waals surface area contributed by atoms with Gasteiger partial charge in [0.05, 0.1) is 19.3 Å². The molecule has 0 unspecified atom stereocenters. The second kappa shape index (κ2) is 13.8. The highest BCUT2D eigenvalue weighted by molar-refractivity contribution is 6.05. The molecular formula is C29H31FN2O5. The third-order valence-corrected chi connectivity index (χ3v) is 5.14. The molecule has 0 saturated heterocycles. The fourth-order valence-corrected chi connectivity index (χ4v) is 3.34. The quantitative estimate of drug-likeness (QED) is 0.321. The molecule has 0 heterocycles. The van der Waals surface area contributed by atoms with Crippen LogP contribution in [-0.4, -0.2) is 42.8 Å². The van der Waals surface area contributed by atoms with E-state index in [4.69, 9.17) is 14.6 Å². The Bertz CT molecular complexity index is 1190. The number of carbonyl (C=O) groups excluding carboxylic acids is 2. The minimum Gasteiger partial charge on any atom is -0.493 e. The zero-order chi connectivity index (χ0) is 26.6. The maximum absolute atomic E-state index is 13.0. The van der Waals surface area contributed by atoms with E-state index < -0.39 is 11.8 Å².